The number of ether oxygens (including phenoxy) is 1. The maximum atomic E-state index is 11.6. The van der Waals surface area contributed by atoms with Gasteiger partial charge in [-0.25, -0.2) is 8.42 Å². The van der Waals surface area contributed by atoms with Crippen molar-refractivity contribution in [2.75, 3.05) is 19.1 Å². The molecule has 1 aliphatic rings. The second-order valence-electron chi connectivity index (χ2n) is 6.93. The monoisotopic (exact) mass is 381 g/mol. The van der Waals surface area contributed by atoms with Gasteiger partial charge in [0.25, 0.3) is 10.1 Å². The first kappa shape index (κ1) is 21.3. The van der Waals surface area contributed by atoms with E-state index in [4.69, 9.17) is 8.92 Å². The molecule has 1 rings (SSSR count). The molecule has 0 aromatic heterocycles. The normalized spacial score (nSPS) is 25.1. The van der Waals surface area contributed by atoms with Gasteiger partial charge in [-0.15, -0.1) is 0 Å². The van der Waals surface area contributed by atoms with Crippen LogP contribution in [0.3, 0.4) is 0 Å². The molecular formula is C15H27NO6S2. The molecule has 0 saturated carbocycles. The number of hydrogen-bond acceptors (Lipinski definition) is 6. The summed E-state index contributed by atoms with van der Waals surface area (Å²) in [6.45, 7) is 5.65. The predicted octanol–water partition coefficient (Wildman–Crippen LogP) is 1.55. The third-order valence-corrected chi connectivity index (χ3v) is 4.27. The predicted molar refractivity (Wildman–Crippen MR) is 93.3 cm³/mol. The van der Waals surface area contributed by atoms with Crippen LogP contribution in [0.1, 0.15) is 33.6 Å². The molecule has 0 spiro atoms. The molecule has 0 amide bonds. The van der Waals surface area contributed by atoms with Crippen LogP contribution < -0.4 is 4.72 Å². The van der Waals surface area contributed by atoms with E-state index in [1.165, 1.54) is 0 Å². The minimum Gasteiger partial charge on any atom is -0.347 e. The molecule has 0 radical (unpaired) electrons. The van der Waals surface area contributed by atoms with Crippen molar-refractivity contribution >= 4 is 20.1 Å². The minimum absolute atomic E-state index is 0.0613. The quantitative estimate of drug-likeness (QED) is 0.296. The smallest absolute Gasteiger partial charge is 0.264 e. The van der Waals surface area contributed by atoms with Crippen molar-refractivity contribution in [3.05, 3.63) is 24.3 Å². The second-order valence-corrected chi connectivity index (χ2v) is 10.3. The molecule has 0 atom stereocenters. The molecule has 0 bridgehead atoms. The Labute approximate surface area is 145 Å². The molecule has 7 nitrogen and oxygen atoms in total. The fraction of sp³-hybridized carbons (Fsp3) is 0.733. The van der Waals surface area contributed by atoms with E-state index in [1.807, 2.05) is 32.9 Å². The highest BCUT2D eigenvalue weighted by Gasteiger charge is 2.35. The molecule has 140 valence electrons. The number of rotatable bonds is 8. The van der Waals surface area contributed by atoms with Crippen LogP contribution in [0.5, 0.6) is 0 Å². The molecule has 0 aromatic carbocycles. The average molecular weight is 382 g/mol. The Balaban J connectivity index is 2.71. The van der Waals surface area contributed by atoms with E-state index >= 15 is 0 Å². The summed E-state index contributed by atoms with van der Waals surface area (Å²) in [4.78, 5) is 0. The van der Waals surface area contributed by atoms with E-state index in [-0.39, 0.29) is 12.5 Å². The molecule has 0 aromatic rings. The molecule has 1 aliphatic carbocycles. The molecule has 0 unspecified atom stereocenters. The molecule has 9 heteroatoms. The zero-order chi connectivity index (χ0) is 18.6. The highest BCUT2D eigenvalue weighted by molar-refractivity contribution is 7.88. The summed E-state index contributed by atoms with van der Waals surface area (Å²) < 4.78 is 58.2. The van der Waals surface area contributed by atoms with Crippen molar-refractivity contribution in [1.29, 1.82) is 0 Å². The van der Waals surface area contributed by atoms with Crippen LogP contribution in [-0.2, 0) is 29.1 Å². The molecule has 0 fully saturated rings. The van der Waals surface area contributed by atoms with E-state index in [9.17, 15) is 16.8 Å². The lowest BCUT2D eigenvalue weighted by molar-refractivity contribution is -0.0858. The summed E-state index contributed by atoms with van der Waals surface area (Å²) in [6.07, 6.45) is 10.4. The lowest BCUT2D eigenvalue weighted by Gasteiger charge is -2.37. The third kappa shape index (κ3) is 8.93. The molecule has 0 aliphatic heterocycles. The molecule has 0 saturated heterocycles. The van der Waals surface area contributed by atoms with Crippen LogP contribution in [0.25, 0.3) is 0 Å². The Morgan fingerprint density at radius 3 is 2.04 bits per heavy atom. The maximum Gasteiger partial charge on any atom is 0.264 e. The standard InChI is InChI=1S/C15H27NO6S2/c1-14(2,3)22-15(16-23(4,17)18)10-8-13(9-11-15)7-6-12-21-24(5,19)20/h8-11,13,16H,6-7,12H2,1-5H3. The number of allylic oxidation sites excluding steroid dienone is 2. The van der Waals surface area contributed by atoms with Crippen molar-refractivity contribution in [1.82, 2.24) is 4.72 Å². The number of nitrogens with one attached hydrogen (secondary N) is 1. The summed E-state index contributed by atoms with van der Waals surface area (Å²) in [5, 5.41) is 0. The van der Waals surface area contributed by atoms with E-state index in [1.54, 1.807) is 12.2 Å². The summed E-state index contributed by atoms with van der Waals surface area (Å²) >= 11 is 0. The Morgan fingerprint density at radius 1 is 1.08 bits per heavy atom. The van der Waals surface area contributed by atoms with Gasteiger partial charge in [0, 0.05) is 0 Å². The Morgan fingerprint density at radius 2 is 1.62 bits per heavy atom. The molecular weight excluding hydrogens is 354 g/mol. The fourth-order valence-electron chi connectivity index (χ4n) is 2.33. The van der Waals surface area contributed by atoms with Crippen LogP contribution in [-0.4, -0.2) is 47.3 Å². The van der Waals surface area contributed by atoms with Gasteiger partial charge in [0.15, 0.2) is 5.72 Å². The molecule has 24 heavy (non-hydrogen) atoms. The van der Waals surface area contributed by atoms with Gasteiger partial charge in [-0.1, -0.05) is 12.2 Å². The molecule has 0 heterocycles. The fourth-order valence-corrected chi connectivity index (χ4v) is 3.51. The highest BCUT2D eigenvalue weighted by atomic mass is 32.2. The van der Waals surface area contributed by atoms with Crippen LogP contribution >= 0.6 is 0 Å². The summed E-state index contributed by atoms with van der Waals surface area (Å²) in [5.74, 6) is 0.0613. The first-order valence-electron chi connectivity index (χ1n) is 7.62. The maximum absolute atomic E-state index is 11.6. The van der Waals surface area contributed by atoms with Crippen molar-refractivity contribution < 1.29 is 25.8 Å². The van der Waals surface area contributed by atoms with Gasteiger partial charge >= 0.3 is 0 Å². The van der Waals surface area contributed by atoms with E-state index in [2.05, 4.69) is 4.72 Å². The third-order valence-electron chi connectivity index (χ3n) is 2.98. The van der Waals surface area contributed by atoms with Gasteiger partial charge in [0.2, 0.25) is 10.0 Å². The van der Waals surface area contributed by atoms with E-state index in [0.29, 0.717) is 12.8 Å². The van der Waals surface area contributed by atoms with E-state index in [0.717, 1.165) is 12.5 Å². The SMILES string of the molecule is CC(C)(C)OC1(NS(C)(=O)=O)C=CC(CCCOS(C)(=O)=O)C=C1. The van der Waals surface area contributed by atoms with Crippen molar-refractivity contribution in [3.8, 4) is 0 Å². The van der Waals surface area contributed by atoms with Crippen molar-refractivity contribution in [2.24, 2.45) is 5.92 Å². The Kier molecular flexibility index (Phi) is 6.79. The second kappa shape index (κ2) is 7.65. The highest BCUT2D eigenvalue weighted by Crippen LogP contribution is 2.28. The molecule has 1 N–H and O–H groups in total. The number of hydrogen-bond donors (Lipinski definition) is 1. The Hall–Kier alpha value is -0.740. The van der Waals surface area contributed by atoms with Crippen LogP contribution in [0.4, 0.5) is 0 Å². The summed E-state index contributed by atoms with van der Waals surface area (Å²) in [6, 6.07) is 0. The van der Waals surface area contributed by atoms with Gasteiger partial charge in [0.1, 0.15) is 0 Å². The van der Waals surface area contributed by atoms with Gasteiger partial charge in [-0.05, 0) is 51.7 Å². The van der Waals surface area contributed by atoms with Crippen LogP contribution in [0.15, 0.2) is 24.3 Å². The average Bonchev–Trinajstić information content (AvgIpc) is 2.31. The van der Waals surface area contributed by atoms with Gasteiger partial charge in [-0.2, -0.15) is 13.1 Å². The van der Waals surface area contributed by atoms with Gasteiger partial charge in [0.05, 0.1) is 24.7 Å². The van der Waals surface area contributed by atoms with Crippen molar-refractivity contribution in [2.45, 2.75) is 44.9 Å². The first-order chi connectivity index (χ1) is 10.7. The lowest BCUT2D eigenvalue weighted by atomic mass is 9.94. The summed E-state index contributed by atoms with van der Waals surface area (Å²) in [5.41, 5.74) is -1.77. The van der Waals surface area contributed by atoms with Crippen LogP contribution in [0, 0.1) is 5.92 Å². The van der Waals surface area contributed by atoms with E-state index < -0.39 is 31.5 Å². The lowest BCUT2D eigenvalue weighted by Crippen LogP contribution is -2.51. The zero-order valence-corrected chi connectivity index (χ0v) is 16.4. The van der Waals surface area contributed by atoms with Gasteiger partial charge < -0.3 is 4.74 Å². The largest absolute Gasteiger partial charge is 0.347 e. The minimum atomic E-state index is -3.47. The van der Waals surface area contributed by atoms with Crippen molar-refractivity contribution in [3.63, 3.8) is 0 Å². The zero-order valence-electron chi connectivity index (χ0n) is 14.8. The number of sulfonamides is 1. The first-order valence-corrected chi connectivity index (χ1v) is 11.3. The van der Waals surface area contributed by atoms with Gasteiger partial charge in [-0.3, -0.25) is 4.18 Å². The Bertz CT molecular complexity index is 672. The van der Waals surface area contributed by atoms with Crippen LogP contribution in [0.2, 0.25) is 0 Å². The topological polar surface area (TPSA) is 98.8 Å². The summed E-state index contributed by atoms with van der Waals surface area (Å²) in [7, 11) is -6.89.